The minimum Gasteiger partial charge on any atom is -0.444 e. The molecule has 4 aromatic rings. The topological polar surface area (TPSA) is 85.8 Å². The third-order valence-corrected chi connectivity index (χ3v) is 7.89. The second-order valence-electron chi connectivity index (χ2n) is 11.2. The van der Waals surface area contributed by atoms with Crippen molar-refractivity contribution in [3.8, 4) is 23.3 Å². The molecule has 2 aliphatic rings. The van der Waals surface area contributed by atoms with Crippen LogP contribution in [0.3, 0.4) is 0 Å². The van der Waals surface area contributed by atoms with Gasteiger partial charge in [0.05, 0.1) is 18.3 Å². The normalized spacial score (nSPS) is 18.9. The number of ether oxygens (including phenoxy) is 2. The summed E-state index contributed by atoms with van der Waals surface area (Å²) in [6, 6.07) is 16.4. The number of nitrogens with zero attached hydrogens (tertiary/aromatic N) is 4. The summed E-state index contributed by atoms with van der Waals surface area (Å²) in [5.74, 6) is 7.93. The summed E-state index contributed by atoms with van der Waals surface area (Å²) in [5, 5.41) is 9.70. The van der Waals surface area contributed by atoms with Crippen LogP contribution in [0.2, 0.25) is 0 Å². The van der Waals surface area contributed by atoms with Crippen LogP contribution in [0.5, 0.6) is 0 Å². The maximum Gasteiger partial charge on any atom is 0.226 e. The highest BCUT2D eigenvalue weighted by Crippen LogP contribution is 2.24. The first-order chi connectivity index (χ1) is 20.6. The zero-order chi connectivity index (χ0) is 28.7. The molecule has 42 heavy (non-hydrogen) atoms. The molecule has 2 aromatic heterocycles. The van der Waals surface area contributed by atoms with E-state index in [0.717, 1.165) is 86.6 Å². The minimum absolute atomic E-state index is 0.140. The first-order valence-electron chi connectivity index (χ1n) is 14.9. The quantitative estimate of drug-likeness (QED) is 0.280. The van der Waals surface area contributed by atoms with E-state index in [9.17, 15) is 5.11 Å². The van der Waals surface area contributed by atoms with Gasteiger partial charge >= 0.3 is 0 Å². The first-order valence-corrected chi connectivity index (χ1v) is 14.9. The van der Waals surface area contributed by atoms with Gasteiger partial charge in [-0.2, -0.15) is 0 Å². The molecule has 6 rings (SSSR count). The Morgan fingerprint density at radius 2 is 1.71 bits per heavy atom. The molecule has 0 radical (unpaired) electrons. The molecule has 2 aliphatic heterocycles. The Morgan fingerprint density at radius 3 is 2.43 bits per heavy atom. The lowest BCUT2D eigenvalue weighted by Gasteiger charge is -2.29. The molecule has 2 fully saturated rings. The molecule has 0 saturated carbocycles. The molecule has 2 atom stereocenters. The van der Waals surface area contributed by atoms with Crippen molar-refractivity contribution in [1.82, 2.24) is 19.4 Å². The molecule has 4 heterocycles. The lowest BCUT2D eigenvalue weighted by molar-refractivity contribution is -0.188. The first kappa shape index (κ1) is 28.4. The summed E-state index contributed by atoms with van der Waals surface area (Å²) in [7, 11) is 0. The second-order valence-corrected chi connectivity index (χ2v) is 11.2. The Balaban J connectivity index is 1.04. The Bertz CT molecular complexity index is 1480. The average molecular weight is 567 g/mol. The number of oxazole rings is 1. The van der Waals surface area contributed by atoms with E-state index in [1.54, 1.807) is 12.5 Å². The van der Waals surface area contributed by atoms with E-state index in [2.05, 4.69) is 46.0 Å². The van der Waals surface area contributed by atoms with Crippen molar-refractivity contribution >= 4 is 0 Å². The van der Waals surface area contributed by atoms with Gasteiger partial charge in [-0.1, -0.05) is 24.0 Å². The van der Waals surface area contributed by atoms with Crippen LogP contribution in [-0.2, 0) is 22.6 Å². The number of aliphatic hydroxyl groups is 1. The predicted molar refractivity (Wildman–Crippen MR) is 159 cm³/mol. The van der Waals surface area contributed by atoms with Gasteiger partial charge in [-0.15, -0.1) is 0 Å². The molecule has 0 bridgehead atoms. The van der Waals surface area contributed by atoms with E-state index < -0.39 is 0 Å². The van der Waals surface area contributed by atoms with Crippen molar-refractivity contribution in [2.75, 3.05) is 19.7 Å². The number of aromatic nitrogens is 3. The van der Waals surface area contributed by atoms with Crippen LogP contribution < -0.4 is 0 Å². The van der Waals surface area contributed by atoms with Gasteiger partial charge in [0.2, 0.25) is 5.89 Å². The molecule has 2 unspecified atom stereocenters. The highest BCUT2D eigenvalue weighted by molar-refractivity contribution is 5.56. The molecule has 0 aliphatic carbocycles. The predicted octanol–water partition coefficient (Wildman–Crippen LogP) is 5.55. The number of imidazole rings is 1. The zero-order valence-corrected chi connectivity index (χ0v) is 24.1. The van der Waals surface area contributed by atoms with Crippen LogP contribution in [0.25, 0.3) is 11.5 Å². The van der Waals surface area contributed by atoms with Crippen LogP contribution in [0, 0.1) is 11.8 Å². The van der Waals surface area contributed by atoms with Gasteiger partial charge < -0.3 is 23.6 Å². The zero-order valence-electron chi connectivity index (χ0n) is 24.1. The third-order valence-electron chi connectivity index (χ3n) is 7.89. The lowest BCUT2D eigenvalue weighted by Crippen LogP contribution is -2.35. The second kappa shape index (κ2) is 13.5. The highest BCUT2D eigenvalue weighted by Gasteiger charge is 2.21. The molecular weight excluding hydrogens is 528 g/mol. The standard InChI is InChI=1S/C34H38N4O4/c1-25(42-32-4-2-3-21-40-32)33-35-17-20-38(33)23-30-24-41-34(36-30)29-13-11-27(12-14-29)6-5-26-7-9-28(10-8-26)22-37-18-15-31(39)16-19-37/h7-14,17,20,24-25,31-32,39H,2-4,15-16,18-19,21-23H2,1H3. The summed E-state index contributed by atoms with van der Waals surface area (Å²) in [5.41, 5.74) is 4.90. The molecule has 2 aromatic carbocycles. The van der Waals surface area contributed by atoms with Crippen LogP contribution in [-0.4, -0.2) is 56.6 Å². The van der Waals surface area contributed by atoms with Crippen molar-refractivity contribution in [3.63, 3.8) is 0 Å². The number of hydrogen-bond donors (Lipinski definition) is 1. The number of benzene rings is 2. The van der Waals surface area contributed by atoms with Gasteiger partial charge in [0, 0.05) is 55.3 Å². The fraction of sp³-hybridized carbons (Fsp3) is 0.412. The fourth-order valence-electron chi connectivity index (χ4n) is 5.48. The Morgan fingerprint density at radius 1 is 0.976 bits per heavy atom. The molecular formula is C34H38N4O4. The van der Waals surface area contributed by atoms with Crippen LogP contribution >= 0.6 is 0 Å². The SMILES string of the molecule is CC(OC1CCCCO1)c1nccn1Cc1coc(-c2ccc(C#Cc3ccc(CN4CCC(O)CC4)cc3)cc2)n1. The maximum absolute atomic E-state index is 9.70. The molecule has 0 spiro atoms. The van der Waals surface area contributed by atoms with Crippen molar-refractivity contribution in [3.05, 3.63) is 95.4 Å². The minimum atomic E-state index is -0.184. The largest absolute Gasteiger partial charge is 0.444 e. The molecule has 1 N–H and O–H groups in total. The number of piperidine rings is 1. The molecule has 8 nitrogen and oxygen atoms in total. The number of rotatable bonds is 8. The summed E-state index contributed by atoms with van der Waals surface area (Å²) in [6.07, 6.45) is 9.78. The molecule has 0 amide bonds. The van der Waals surface area contributed by atoms with Crippen LogP contribution in [0.15, 0.2) is 71.6 Å². The van der Waals surface area contributed by atoms with Gasteiger partial charge in [-0.3, -0.25) is 4.90 Å². The Hall–Kier alpha value is -3.74. The van der Waals surface area contributed by atoms with Crippen molar-refractivity contribution in [2.24, 2.45) is 0 Å². The van der Waals surface area contributed by atoms with Crippen molar-refractivity contribution < 1.29 is 19.0 Å². The van der Waals surface area contributed by atoms with Crippen LogP contribution in [0.4, 0.5) is 0 Å². The van der Waals surface area contributed by atoms with E-state index in [-0.39, 0.29) is 18.5 Å². The van der Waals surface area contributed by atoms with E-state index in [1.165, 1.54) is 5.56 Å². The summed E-state index contributed by atoms with van der Waals surface area (Å²) < 4.78 is 19.7. The lowest BCUT2D eigenvalue weighted by atomic mass is 10.1. The van der Waals surface area contributed by atoms with Gasteiger partial charge in [-0.25, -0.2) is 9.97 Å². The van der Waals surface area contributed by atoms with Gasteiger partial charge in [0.15, 0.2) is 6.29 Å². The Kier molecular flexibility index (Phi) is 9.12. The highest BCUT2D eigenvalue weighted by atomic mass is 16.7. The van der Waals surface area contributed by atoms with E-state index in [1.807, 2.05) is 42.0 Å². The van der Waals surface area contributed by atoms with Crippen molar-refractivity contribution in [1.29, 1.82) is 0 Å². The number of hydrogen-bond acceptors (Lipinski definition) is 7. The molecule has 2 saturated heterocycles. The Labute approximate surface area is 247 Å². The molecule has 218 valence electrons. The monoisotopic (exact) mass is 566 g/mol. The van der Waals surface area contributed by atoms with Gasteiger partial charge in [0.1, 0.15) is 18.2 Å². The van der Waals surface area contributed by atoms with E-state index in [0.29, 0.717) is 12.4 Å². The smallest absolute Gasteiger partial charge is 0.226 e. The van der Waals surface area contributed by atoms with E-state index >= 15 is 0 Å². The summed E-state index contributed by atoms with van der Waals surface area (Å²) >= 11 is 0. The summed E-state index contributed by atoms with van der Waals surface area (Å²) in [6.45, 7) is 6.11. The fourth-order valence-corrected chi connectivity index (χ4v) is 5.48. The van der Waals surface area contributed by atoms with Crippen LogP contribution in [0.1, 0.15) is 73.3 Å². The number of aliphatic hydroxyl groups excluding tert-OH is 1. The molecule has 8 heteroatoms. The average Bonchev–Trinajstić information content (AvgIpc) is 3.69. The maximum atomic E-state index is 9.70. The number of likely N-dealkylation sites (tertiary alicyclic amines) is 1. The van der Waals surface area contributed by atoms with Gasteiger partial charge in [0.25, 0.3) is 0 Å². The van der Waals surface area contributed by atoms with Gasteiger partial charge in [-0.05, 0) is 81.0 Å². The third kappa shape index (κ3) is 7.36. The van der Waals surface area contributed by atoms with Crippen molar-refractivity contribution in [2.45, 2.75) is 70.6 Å². The summed E-state index contributed by atoms with van der Waals surface area (Å²) in [4.78, 5) is 11.6. The van der Waals surface area contributed by atoms with E-state index in [4.69, 9.17) is 18.9 Å².